The van der Waals surface area contributed by atoms with Crippen LogP contribution in [0, 0.1) is 0 Å². The van der Waals surface area contributed by atoms with E-state index in [4.69, 9.17) is 14.2 Å². The molecule has 0 spiro atoms. The molecule has 0 fully saturated rings. The Hall–Kier alpha value is -2.05. The smallest absolute Gasteiger partial charge is 0.259 e. The van der Waals surface area contributed by atoms with Crippen LogP contribution >= 0.6 is 15.9 Å². The summed E-state index contributed by atoms with van der Waals surface area (Å²) in [5.74, 6) is 0.969. The molecule has 0 aliphatic rings. The standard InChI is InChI=1S/C19H22BrNO4/c1-13(2)25-18-8-7-14(20)11-17(18)19(22)21-15-5-4-6-16(12-15)24-10-9-23-3/h4-8,11-13H,9-10H2,1-3H3,(H,21,22). The minimum absolute atomic E-state index is 0.0229. The normalized spacial score (nSPS) is 10.6. The van der Waals surface area contributed by atoms with E-state index in [1.165, 1.54) is 0 Å². The van der Waals surface area contributed by atoms with E-state index in [1.807, 2.05) is 38.1 Å². The highest BCUT2D eigenvalue weighted by molar-refractivity contribution is 9.10. The molecule has 0 aliphatic heterocycles. The van der Waals surface area contributed by atoms with E-state index in [2.05, 4.69) is 21.2 Å². The zero-order valence-corrected chi connectivity index (χ0v) is 16.1. The van der Waals surface area contributed by atoms with Gasteiger partial charge in [0.25, 0.3) is 5.91 Å². The Morgan fingerprint density at radius 1 is 1.16 bits per heavy atom. The average molecular weight is 408 g/mol. The van der Waals surface area contributed by atoms with Gasteiger partial charge in [0.05, 0.1) is 18.3 Å². The van der Waals surface area contributed by atoms with Gasteiger partial charge in [-0.25, -0.2) is 0 Å². The molecule has 0 aliphatic carbocycles. The molecule has 0 saturated heterocycles. The molecular formula is C19H22BrNO4. The quantitative estimate of drug-likeness (QED) is 0.653. The molecule has 2 aromatic rings. The second kappa shape index (κ2) is 9.44. The lowest BCUT2D eigenvalue weighted by Crippen LogP contribution is -2.16. The zero-order valence-electron chi connectivity index (χ0n) is 14.5. The van der Waals surface area contributed by atoms with Crippen LogP contribution in [-0.2, 0) is 4.74 Å². The van der Waals surface area contributed by atoms with Crippen molar-refractivity contribution >= 4 is 27.5 Å². The van der Waals surface area contributed by atoms with Crippen molar-refractivity contribution in [1.82, 2.24) is 0 Å². The summed E-state index contributed by atoms with van der Waals surface area (Å²) in [5.41, 5.74) is 1.11. The average Bonchev–Trinajstić information content (AvgIpc) is 2.56. The van der Waals surface area contributed by atoms with E-state index in [0.29, 0.717) is 36.0 Å². The van der Waals surface area contributed by atoms with Crippen molar-refractivity contribution in [3.63, 3.8) is 0 Å². The number of benzene rings is 2. The summed E-state index contributed by atoms with van der Waals surface area (Å²) in [6.45, 7) is 4.80. The Morgan fingerprint density at radius 2 is 1.96 bits per heavy atom. The third-order valence-electron chi connectivity index (χ3n) is 3.20. The number of carbonyl (C=O) groups is 1. The maximum atomic E-state index is 12.7. The van der Waals surface area contributed by atoms with E-state index in [1.54, 1.807) is 25.3 Å². The lowest BCUT2D eigenvalue weighted by molar-refractivity contribution is 0.102. The SMILES string of the molecule is COCCOc1cccc(NC(=O)c2cc(Br)ccc2OC(C)C)c1. The highest BCUT2D eigenvalue weighted by Crippen LogP contribution is 2.26. The molecule has 0 radical (unpaired) electrons. The number of halogens is 1. The van der Waals surface area contributed by atoms with Crippen LogP contribution in [0.1, 0.15) is 24.2 Å². The van der Waals surface area contributed by atoms with Crippen molar-refractivity contribution in [2.24, 2.45) is 0 Å². The van der Waals surface area contributed by atoms with Crippen molar-refractivity contribution in [3.8, 4) is 11.5 Å². The predicted octanol–water partition coefficient (Wildman–Crippen LogP) is 4.51. The monoisotopic (exact) mass is 407 g/mol. The molecule has 0 saturated carbocycles. The fourth-order valence-corrected chi connectivity index (χ4v) is 2.50. The van der Waals surface area contributed by atoms with Crippen LogP contribution in [0.3, 0.4) is 0 Å². The summed E-state index contributed by atoms with van der Waals surface area (Å²) in [5, 5.41) is 2.88. The van der Waals surface area contributed by atoms with Crippen molar-refractivity contribution in [1.29, 1.82) is 0 Å². The number of methoxy groups -OCH3 is 1. The summed E-state index contributed by atoms with van der Waals surface area (Å²) in [6, 6.07) is 12.6. The van der Waals surface area contributed by atoms with E-state index in [-0.39, 0.29) is 12.0 Å². The Bertz CT molecular complexity index is 718. The van der Waals surface area contributed by atoms with Crippen LogP contribution in [0.2, 0.25) is 0 Å². The van der Waals surface area contributed by atoms with Gasteiger partial charge in [-0.3, -0.25) is 4.79 Å². The molecule has 0 bridgehead atoms. The molecule has 0 aromatic heterocycles. The predicted molar refractivity (Wildman–Crippen MR) is 102 cm³/mol. The number of amides is 1. The molecule has 6 heteroatoms. The van der Waals surface area contributed by atoms with E-state index in [0.717, 1.165) is 4.47 Å². The number of nitrogens with one attached hydrogen (secondary N) is 1. The highest BCUT2D eigenvalue weighted by atomic mass is 79.9. The molecule has 134 valence electrons. The Labute approximate surface area is 156 Å². The Kier molecular flexibility index (Phi) is 7.28. The van der Waals surface area contributed by atoms with E-state index >= 15 is 0 Å². The Morgan fingerprint density at radius 3 is 2.68 bits per heavy atom. The number of anilines is 1. The number of hydrogen-bond acceptors (Lipinski definition) is 4. The molecule has 0 atom stereocenters. The van der Waals surface area contributed by atoms with Crippen molar-refractivity contribution in [3.05, 3.63) is 52.5 Å². The number of ether oxygens (including phenoxy) is 3. The molecule has 0 heterocycles. The van der Waals surface area contributed by atoms with Gasteiger partial charge in [0.15, 0.2) is 0 Å². The van der Waals surface area contributed by atoms with Gasteiger partial charge in [0.2, 0.25) is 0 Å². The first-order chi connectivity index (χ1) is 12.0. The molecule has 5 nitrogen and oxygen atoms in total. The van der Waals surface area contributed by atoms with Crippen molar-refractivity contribution < 1.29 is 19.0 Å². The molecule has 2 rings (SSSR count). The first kappa shape index (κ1) is 19.3. The van der Waals surface area contributed by atoms with Crippen LogP contribution in [-0.4, -0.2) is 32.3 Å². The molecule has 2 aromatic carbocycles. The minimum atomic E-state index is -0.244. The summed E-state index contributed by atoms with van der Waals surface area (Å²) in [6.07, 6.45) is -0.0229. The van der Waals surface area contributed by atoms with Crippen molar-refractivity contribution in [2.45, 2.75) is 20.0 Å². The van der Waals surface area contributed by atoms with Gasteiger partial charge < -0.3 is 19.5 Å². The third-order valence-corrected chi connectivity index (χ3v) is 3.69. The highest BCUT2D eigenvalue weighted by Gasteiger charge is 2.15. The third kappa shape index (κ3) is 6.07. The number of hydrogen-bond donors (Lipinski definition) is 1. The maximum absolute atomic E-state index is 12.7. The number of carbonyl (C=O) groups excluding carboxylic acids is 1. The zero-order chi connectivity index (χ0) is 18.2. The summed E-state index contributed by atoms with van der Waals surface area (Å²) in [4.78, 5) is 12.7. The van der Waals surface area contributed by atoms with Crippen LogP contribution < -0.4 is 14.8 Å². The summed E-state index contributed by atoms with van der Waals surface area (Å²) >= 11 is 3.40. The van der Waals surface area contributed by atoms with Crippen molar-refractivity contribution in [2.75, 3.05) is 25.6 Å². The van der Waals surface area contributed by atoms with Gasteiger partial charge >= 0.3 is 0 Å². The molecule has 1 amide bonds. The lowest BCUT2D eigenvalue weighted by atomic mass is 10.1. The molecular weight excluding hydrogens is 386 g/mol. The van der Waals surface area contributed by atoms with Crippen LogP contribution in [0.5, 0.6) is 11.5 Å². The number of rotatable bonds is 8. The second-order valence-corrected chi connectivity index (χ2v) is 6.55. The van der Waals surface area contributed by atoms with Crippen LogP contribution in [0.25, 0.3) is 0 Å². The van der Waals surface area contributed by atoms with Gasteiger partial charge in [-0.05, 0) is 44.2 Å². The van der Waals surface area contributed by atoms with E-state index < -0.39 is 0 Å². The van der Waals surface area contributed by atoms with Gasteiger partial charge in [0, 0.05) is 23.3 Å². The topological polar surface area (TPSA) is 56.8 Å². The van der Waals surface area contributed by atoms with Gasteiger partial charge in [-0.2, -0.15) is 0 Å². The molecule has 0 unspecified atom stereocenters. The maximum Gasteiger partial charge on any atom is 0.259 e. The summed E-state index contributed by atoms with van der Waals surface area (Å²) in [7, 11) is 1.62. The van der Waals surface area contributed by atoms with Gasteiger partial charge in [0.1, 0.15) is 18.1 Å². The fourth-order valence-electron chi connectivity index (χ4n) is 2.14. The first-order valence-corrected chi connectivity index (χ1v) is 8.78. The molecule has 25 heavy (non-hydrogen) atoms. The molecule has 1 N–H and O–H groups in total. The van der Waals surface area contributed by atoms with Crippen LogP contribution in [0.4, 0.5) is 5.69 Å². The minimum Gasteiger partial charge on any atom is -0.491 e. The van der Waals surface area contributed by atoms with E-state index in [9.17, 15) is 4.79 Å². The lowest BCUT2D eigenvalue weighted by Gasteiger charge is -2.15. The van der Waals surface area contributed by atoms with Gasteiger partial charge in [-0.1, -0.05) is 22.0 Å². The first-order valence-electron chi connectivity index (χ1n) is 7.99. The van der Waals surface area contributed by atoms with Gasteiger partial charge in [-0.15, -0.1) is 0 Å². The van der Waals surface area contributed by atoms with Crippen LogP contribution in [0.15, 0.2) is 46.9 Å². The largest absolute Gasteiger partial charge is 0.491 e. The Balaban J connectivity index is 2.14. The fraction of sp³-hybridized carbons (Fsp3) is 0.316. The second-order valence-electron chi connectivity index (χ2n) is 5.63. The summed E-state index contributed by atoms with van der Waals surface area (Å²) < 4.78 is 17.1.